The Morgan fingerprint density at radius 3 is 2.54 bits per heavy atom. The maximum absolute atomic E-state index is 12.6. The Kier molecular flexibility index (Phi) is 4.83. The molecule has 24 heavy (non-hydrogen) atoms. The summed E-state index contributed by atoms with van der Waals surface area (Å²) in [7, 11) is 0. The van der Waals surface area contributed by atoms with Crippen LogP contribution in [0.3, 0.4) is 0 Å². The van der Waals surface area contributed by atoms with E-state index in [1.807, 2.05) is 43.9 Å². The van der Waals surface area contributed by atoms with E-state index in [2.05, 4.69) is 12.1 Å². The Morgan fingerprint density at radius 2 is 1.92 bits per heavy atom. The molecule has 0 saturated carbocycles. The molecule has 1 aromatic rings. The third-order valence-electron chi connectivity index (χ3n) is 4.48. The Bertz CT molecular complexity index is 560. The molecule has 132 valence electrons. The predicted octanol–water partition coefficient (Wildman–Crippen LogP) is 3.37. The van der Waals surface area contributed by atoms with E-state index in [-0.39, 0.29) is 12.1 Å². The van der Waals surface area contributed by atoms with Crippen molar-refractivity contribution in [2.45, 2.75) is 57.5 Å². The fourth-order valence-electron chi connectivity index (χ4n) is 3.43. The Balaban J connectivity index is 1.77. The van der Waals surface area contributed by atoms with Gasteiger partial charge in [0.2, 0.25) is 0 Å². The van der Waals surface area contributed by atoms with Crippen LogP contribution in [0.4, 0.5) is 4.79 Å². The minimum absolute atomic E-state index is 0.00843. The lowest BCUT2D eigenvalue weighted by Crippen LogP contribution is -2.54. The second-order valence-corrected chi connectivity index (χ2v) is 7.58. The third-order valence-corrected chi connectivity index (χ3v) is 4.48. The van der Waals surface area contributed by atoms with Gasteiger partial charge in [0.05, 0.1) is 13.2 Å². The molecular formula is C19H27NO4. The summed E-state index contributed by atoms with van der Waals surface area (Å²) in [5.74, 6) is -0.530. The summed E-state index contributed by atoms with van der Waals surface area (Å²) < 4.78 is 17.4. The van der Waals surface area contributed by atoms with E-state index in [4.69, 9.17) is 14.2 Å². The van der Waals surface area contributed by atoms with Crippen molar-refractivity contribution < 1.29 is 19.0 Å². The number of piperidine rings is 1. The first-order chi connectivity index (χ1) is 11.4. The fourth-order valence-corrected chi connectivity index (χ4v) is 3.43. The molecule has 0 aromatic heterocycles. The summed E-state index contributed by atoms with van der Waals surface area (Å²) in [5.41, 5.74) is 0.704. The van der Waals surface area contributed by atoms with Crippen LogP contribution < -0.4 is 0 Å². The molecule has 0 aliphatic carbocycles. The first kappa shape index (κ1) is 17.2. The standard InChI is InChI=1S/C19H27NO4/c1-18(2,3)24-17(21)20-10-9-19(22-11-12-23-19)14-16(20)13-15-7-5-4-6-8-15/h4-8,16H,9-14H2,1-3H3. The first-order valence-electron chi connectivity index (χ1n) is 8.68. The van der Waals surface area contributed by atoms with Crippen molar-refractivity contribution in [2.24, 2.45) is 0 Å². The Morgan fingerprint density at radius 1 is 1.25 bits per heavy atom. The zero-order chi connectivity index (χ0) is 17.2. The van der Waals surface area contributed by atoms with Crippen molar-refractivity contribution in [1.29, 1.82) is 0 Å². The van der Waals surface area contributed by atoms with Crippen LogP contribution in [0.1, 0.15) is 39.2 Å². The maximum atomic E-state index is 12.6. The fraction of sp³-hybridized carbons (Fsp3) is 0.632. The van der Waals surface area contributed by atoms with E-state index in [1.54, 1.807) is 0 Å². The lowest BCUT2D eigenvalue weighted by molar-refractivity contribution is -0.194. The Labute approximate surface area is 143 Å². The summed E-state index contributed by atoms with van der Waals surface area (Å²) in [6, 6.07) is 10.2. The molecule has 3 rings (SSSR count). The van der Waals surface area contributed by atoms with Crippen molar-refractivity contribution in [1.82, 2.24) is 4.90 Å². The van der Waals surface area contributed by atoms with Gasteiger partial charge in [0, 0.05) is 25.4 Å². The summed E-state index contributed by atoms with van der Waals surface area (Å²) in [5, 5.41) is 0. The van der Waals surface area contributed by atoms with Crippen molar-refractivity contribution in [2.75, 3.05) is 19.8 Å². The maximum Gasteiger partial charge on any atom is 0.410 e. The predicted molar refractivity (Wildman–Crippen MR) is 90.7 cm³/mol. The molecule has 2 saturated heterocycles. The second kappa shape index (κ2) is 6.73. The van der Waals surface area contributed by atoms with E-state index in [0.717, 1.165) is 6.42 Å². The number of rotatable bonds is 2. The minimum atomic E-state index is -0.530. The third kappa shape index (κ3) is 4.08. The Hall–Kier alpha value is -1.59. The number of hydrogen-bond donors (Lipinski definition) is 0. The molecule has 1 aromatic carbocycles. The van der Waals surface area contributed by atoms with Crippen LogP contribution in [0.25, 0.3) is 0 Å². The number of benzene rings is 1. The highest BCUT2D eigenvalue weighted by atomic mass is 16.7. The lowest BCUT2D eigenvalue weighted by atomic mass is 9.91. The molecule has 5 heteroatoms. The SMILES string of the molecule is CC(C)(C)OC(=O)N1CCC2(CC1Cc1ccccc1)OCCO2. The molecule has 2 fully saturated rings. The molecule has 1 spiro atoms. The van der Waals surface area contributed by atoms with E-state index < -0.39 is 11.4 Å². The van der Waals surface area contributed by atoms with Crippen molar-refractivity contribution in [3.05, 3.63) is 35.9 Å². The largest absolute Gasteiger partial charge is 0.444 e. The van der Waals surface area contributed by atoms with Crippen LogP contribution in [-0.4, -0.2) is 48.2 Å². The molecule has 0 bridgehead atoms. The van der Waals surface area contributed by atoms with Gasteiger partial charge in [-0.25, -0.2) is 4.79 Å². The molecule has 2 aliphatic rings. The van der Waals surface area contributed by atoms with Crippen molar-refractivity contribution in [3.8, 4) is 0 Å². The van der Waals surface area contributed by atoms with Crippen LogP contribution in [0.15, 0.2) is 30.3 Å². The van der Waals surface area contributed by atoms with Crippen LogP contribution >= 0.6 is 0 Å². The number of nitrogens with zero attached hydrogens (tertiary/aromatic N) is 1. The van der Waals surface area contributed by atoms with Crippen LogP contribution in [0.5, 0.6) is 0 Å². The van der Waals surface area contributed by atoms with Gasteiger partial charge < -0.3 is 19.1 Å². The van der Waals surface area contributed by atoms with Gasteiger partial charge in [-0.15, -0.1) is 0 Å². The van der Waals surface area contributed by atoms with Gasteiger partial charge in [0.1, 0.15) is 5.60 Å². The van der Waals surface area contributed by atoms with Crippen LogP contribution in [0.2, 0.25) is 0 Å². The van der Waals surface area contributed by atoms with Gasteiger partial charge in [-0.2, -0.15) is 0 Å². The van der Waals surface area contributed by atoms with E-state index in [9.17, 15) is 4.79 Å². The van der Waals surface area contributed by atoms with Gasteiger partial charge in [-0.05, 0) is 32.8 Å². The zero-order valence-electron chi connectivity index (χ0n) is 14.8. The summed E-state index contributed by atoms with van der Waals surface area (Å²) in [6.45, 7) is 7.53. The topological polar surface area (TPSA) is 48.0 Å². The molecule has 1 unspecified atom stereocenters. The van der Waals surface area contributed by atoms with Gasteiger partial charge in [0.15, 0.2) is 5.79 Å². The quantitative estimate of drug-likeness (QED) is 0.832. The first-order valence-corrected chi connectivity index (χ1v) is 8.68. The number of carbonyl (C=O) groups excluding carboxylic acids is 1. The smallest absolute Gasteiger partial charge is 0.410 e. The highest BCUT2D eigenvalue weighted by Crippen LogP contribution is 2.36. The van der Waals surface area contributed by atoms with E-state index in [0.29, 0.717) is 32.6 Å². The summed E-state index contributed by atoms with van der Waals surface area (Å²) in [6.07, 6.45) is 1.89. The number of hydrogen-bond acceptors (Lipinski definition) is 4. The molecule has 0 N–H and O–H groups in total. The van der Waals surface area contributed by atoms with E-state index in [1.165, 1.54) is 5.56 Å². The number of carbonyl (C=O) groups is 1. The second-order valence-electron chi connectivity index (χ2n) is 7.58. The van der Waals surface area contributed by atoms with Gasteiger partial charge >= 0.3 is 6.09 Å². The molecular weight excluding hydrogens is 306 g/mol. The number of ether oxygens (including phenoxy) is 3. The van der Waals surface area contributed by atoms with Crippen molar-refractivity contribution >= 4 is 6.09 Å². The summed E-state index contributed by atoms with van der Waals surface area (Å²) in [4.78, 5) is 14.5. The molecule has 1 atom stereocenters. The van der Waals surface area contributed by atoms with Gasteiger partial charge in [-0.3, -0.25) is 0 Å². The lowest BCUT2D eigenvalue weighted by Gasteiger charge is -2.43. The van der Waals surface area contributed by atoms with E-state index >= 15 is 0 Å². The molecule has 1 amide bonds. The van der Waals surface area contributed by atoms with Crippen LogP contribution in [-0.2, 0) is 20.6 Å². The molecule has 2 heterocycles. The molecule has 0 radical (unpaired) electrons. The normalized spacial score (nSPS) is 23.5. The van der Waals surface area contributed by atoms with Gasteiger partial charge in [0.25, 0.3) is 0 Å². The molecule has 5 nitrogen and oxygen atoms in total. The zero-order valence-corrected chi connectivity index (χ0v) is 14.8. The number of amides is 1. The number of likely N-dealkylation sites (tertiary alicyclic amines) is 1. The van der Waals surface area contributed by atoms with Crippen LogP contribution in [0, 0.1) is 0 Å². The van der Waals surface area contributed by atoms with Gasteiger partial charge in [-0.1, -0.05) is 30.3 Å². The average molecular weight is 333 g/mol. The highest BCUT2D eigenvalue weighted by Gasteiger charge is 2.46. The monoisotopic (exact) mass is 333 g/mol. The average Bonchev–Trinajstić information content (AvgIpc) is 2.94. The highest BCUT2D eigenvalue weighted by molar-refractivity contribution is 5.68. The minimum Gasteiger partial charge on any atom is -0.444 e. The summed E-state index contributed by atoms with van der Waals surface area (Å²) >= 11 is 0. The molecule has 2 aliphatic heterocycles. The van der Waals surface area contributed by atoms with Crippen molar-refractivity contribution in [3.63, 3.8) is 0 Å².